The van der Waals surface area contributed by atoms with Gasteiger partial charge in [-0.3, -0.25) is 0 Å². The van der Waals surface area contributed by atoms with Crippen molar-refractivity contribution >= 4 is 0 Å². The van der Waals surface area contributed by atoms with Crippen LogP contribution in [0.5, 0.6) is 5.75 Å². The van der Waals surface area contributed by atoms with Gasteiger partial charge in [0.1, 0.15) is 5.75 Å². The SMILES string of the molecule is CNCCCC(C)Oc1cccc(COC)c1. The molecule has 3 heteroatoms. The van der Waals surface area contributed by atoms with E-state index < -0.39 is 0 Å². The summed E-state index contributed by atoms with van der Waals surface area (Å²) in [7, 11) is 3.67. The van der Waals surface area contributed by atoms with Crippen molar-refractivity contribution in [3.63, 3.8) is 0 Å². The molecule has 1 aromatic carbocycles. The molecule has 0 aliphatic heterocycles. The molecule has 1 rings (SSSR count). The summed E-state index contributed by atoms with van der Waals surface area (Å²) in [4.78, 5) is 0. The highest BCUT2D eigenvalue weighted by molar-refractivity contribution is 5.28. The van der Waals surface area contributed by atoms with Crippen LogP contribution in [0.4, 0.5) is 0 Å². The molecule has 1 N–H and O–H groups in total. The first-order valence-electron chi connectivity index (χ1n) is 6.15. The number of hydrogen-bond acceptors (Lipinski definition) is 3. The minimum absolute atomic E-state index is 0.251. The van der Waals surface area contributed by atoms with Crippen molar-refractivity contribution in [2.24, 2.45) is 0 Å². The average molecular weight is 237 g/mol. The highest BCUT2D eigenvalue weighted by atomic mass is 16.5. The Morgan fingerprint density at radius 1 is 1.35 bits per heavy atom. The molecule has 0 fully saturated rings. The van der Waals surface area contributed by atoms with E-state index in [2.05, 4.69) is 12.2 Å². The summed E-state index contributed by atoms with van der Waals surface area (Å²) in [6, 6.07) is 8.08. The Morgan fingerprint density at radius 3 is 2.88 bits per heavy atom. The quantitative estimate of drug-likeness (QED) is 0.705. The second-order valence-corrected chi connectivity index (χ2v) is 4.25. The highest BCUT2D eigenvalue weighted by Crippen LogP contribution is 2.16. The van der Waals surface area contributed by atoms with E-state index >= 15 is 0 Å². The van der Waals surface area contributed by atoms with Gasteiger partial charge in [0.25, 0.3) is 0 Å². The molecule has 0 saturated heterocycles. The highest BCUT2D eigenvalue weighted by Gasteiger charge is 2.04. The third-order valence-corrected chi connectivity index (χ3v) is 2.58. The third-order valence-electron chi connectivity index (χ3n) is 2.58. The van der Waals surface area contributed by atoms with Crippen molar-refractivity contribution in [1.82, 2.24) is 5.32 Å². The van der Waals surface area contributed by atoms with Crippen molar-refractivity contribution in [1.29, 1.82) is 0 Å². The van der Waals surface area contributed by atoms with Gasteiger partial charge in [-0.05, 0) is 51.1 Å². The molecule has 0 aliphatic carbocycles. The molecule has 0 aromatic heterocycles. The van der Waals surface area contributed by atoms with E-state index in [1.807, 2.05) is 31.3 Å². The van der Waals surface area contributed by atoms with Gasteiger partial charge in [0.05, 0.1) is 12.7 Å². The van der Waals surface area contributed by atoms with E-state index in [1.165, 1.54) is 0 Å². The first-order chi connectivity index (χ1) is 8.26. The fraction of sp³-hybridized carbons (Fsp3) is 0.571. The Morgan fingerprint density at radius 2 is 2.18 bits per heavy atom. The predicted molar refractivity (Wildman–Crippen MR) is 70.4 cm³/mol. The minimum atomic E-state index is 0.251. The van der Waals surface area contributed by atoms with Gasteiger partial charge in [0.2, 0.25) is 0 Å². The van der Waals surface area contributed by atoms with E-state index in [9.17, 15) is 0 Å². The Labute approximate surface area is 104 Å². The second-order valence-electron chi connectivity index (χ2n) is 4.25. The molecule has 3 nitrogen and oxygen atoms in total. The van der Waals surface area contributed by atoms with Crippen LogP contribution < -0.4 is 10.1 Å². The molecule has 0 heterocycles. The van der Waals surface area contributed by atoms with Crippen LogP contribution in [0.15, 0.2) is 24.3 Å². The van der Waals surface area contributed by atoms with Gasteiger partial charge in [-0.2, -0.15) is 0 Å². The molecular weight excluding hydrogens is 214 g/mol. The van der Waals surface area contributed by atoms with Crippen LogP contribution >= 0.6 is 0 Å². The summed E-state index contributed by atoms with van der Waals surface area (Å²) < 4.78 is 11.0. The van der Waals surface area contributed by atoms with E-state index in [0.717, 1.165) is 30.7 Å². The number of nitrogens with one attached hydrogen (secondary N) is 1. The lowest BCUT2D eigenvalue weighted by molar-refractivity contribution is 0.182. The van der Waals surface area contributed by atoms with Crippen LogP contribution in [0.1, 0.15) is 25.3 Å². The first kappa shape index (κ1) is 14.0. The molecule has 0 radical (unpaired) electrons. The van der Waals surface area contributed by atoms with Gasteiger partial charge < -0.3 is 14.8 Å². The van der Waals surface area contributed by atoms with Gasteiger partial charge in [-0.15, -0.1) is 0 Å². The topological polar surface area (TPSA) is 30.5 Å². The molecule has 0 amide bonds. The van der Waals surface area contributed by atoms with Crippen LogP contribution in [-0.4, -0.2) is 26.8 Å². The maximum atomic E-state index is 5.86. The zero-order valence-electron chi connectivity index (χ0n) is 11.0. The van der Waals surface area contributed by atoms with E-state index in [4.69, 9.17) is 9.47 Å². The van der Waals surface area contributed by atoms with Gasteiger partial charge in [0.15, 0.2) is 0 Å². The van der Waals surface area contributed by atoms with Crippen LogP contribution in [-0.2, 0) is 11.3 Å². The summed E-state index contributed by atoms with van der Waals surface area (Å²) in [5.74, 6) is 0.927. The summed E-state index contributed by atoms with van der Waals surface area (Å²) >= 11 is 0. The van der Waals surface area contributed by atoms with Gasteiger partial charge in [0, 0.05) is 7.11 Å². The molecular formula is C14H23NO2. The van der Waals surface area contributed by atoms with Crippen molar-refractivity contribution < 1.29 is 9.47 Å². The first-order valence-corrected chi connectivity index (χ1v) is 6.15. The molecule has 0 bridgehead atoms. The zero-order valence-corrected chi connectivity index (χ0v) is 11.0. The maximum Gasteiger partial charge on any atom is 0.120 e. The Balaban J connectivity index is 2.41. The molecule has 0 saturated carbocycles. The summed E-state index contributed by atoms with van der Waals surface area (Å²) in [6.45, 7) is 3.78. The van der Waals surface area contributed by atoms with Crippen LogP contribution in [0.3, 0.4) is 0 Å². The second kappa shape index (κ2) is 8.09. The number of benzene rings is 1. The van der Waals surface area contributed by atoms with Crippen molar-refractivity contribution in [2.75, 3.05) is 20.7 Å². The average Bonchev–Trinajstić information content (AvgIpc) is 2.30. The number of rotatable bonds is 8. The summed E-state index contributed by atoms with van der Waals surface area (Å²) in [6.07, 6.45) is 2.45. The maximum absolute atomic E-state index is 5.86. The van der Waals surface area contributed by atoms with Crippen molar-refractivity contribution in [3.05, 3.63) is 29.8 Å². The minimum Gasteiger partial charge on any atom is -0.491 e. The normalized spacial score (nSPS) is 12.4. The zero-order chi connectivity index (χ0) is 12.5. The number of methoxy groups -OCH3 is 1. The van der Waals surface area contributed by atoms with E-state index in [-0.39, 0.29) is 6.10 Å². The molecule has 0 aliphatic rings. The van der Waals surface area contributed by atoms with Gasteiger partial charge in [-0.1, -0.05) is 12.1 Å². The van der Waals surface area contributed by atoms with E-state index in [1.54, 1.807) is 7.11 Å². The van der Waals surface area contributed by atoms with Crippen molar-refractivity contribution in [3.8, 4) is 5.75 Å². The van der Waals surface area contributed by atoms with Crippen LogP contribution in [0.2, 0.25) is 0 Å². The molecule has 0 spiro atoms. The third kappa shape index (κ3) is 5.71. The van der Waals surface area contributed by atoms with Crippen molar-refractivity contribution in [2.45, 2.75) is 32.5 Å². The molecule has 1 aromatic rings. The molecule has 17 heavy (non-hydrogen) atoms. The Hall–Kier alpha value is -1.06. The Kier molecular flexibility index (Phi) is 6.67. The van der Waals surface area contributed by atoms with Crippen LogP contribution in [0, 0.1) is 0 Å². The van der Waals surface area contributed by atoms with Gasteiger partial charge in [-0.25, -0.2) is 0 Å². The fourth-order valence-electron chi connectivity index (χ4n) is 1.73. The Bertz CT molecular complexity index is 315. The lowest BCUT2D eigenvalue weighted by Gasteiger charge is -2.15. The number of hydrogen-bond donors (Lipinski definition) is 1. The van der Waals surface area contributed by atoms with E-state index in [0.29, 0.717) is 6.61 Å². The monoisotopic (exact) mass is 237 g/mol. The number of ether oxygens (including phenoxy) is 2. The summed E-state index contributed by atoms with van der Waals surface area (Å²) in [5, 5.41) is 3.14. The lowest BCUT2D eigenvalue weighted by Crippen LogP contribution is -2.15. The summed E-state index contributed by atoms with van der Waals surface area (Å²) in [5.41, 5.74) is 1.15. The van der Waals surface area contributed by atoms with Gasteiger partial charge >= 0.3 is 0 Å². The molecule has 1 unspecified atom stereocenters. The lowest BCUT2D eigenvalue weighted by atomic mass is 10.2. The molecule has 96 valence electrons. The smallest absolute Gasteiger partial charge is 0.120 e. The fourth-order valence-corrected chi connectivity index (χ4v) is 1.73. The van der Waals surface area contributed by atoms with Crippen LogP contribution in [0.25, 0.3) is 0 Å². The standard InChI is InChI=1S/C14H23NO2/c1-12(6-5-9-15-2)17-14-8-4-7-13(10-14)11-16-3/h4,7-8,10,12,15H,5-6,9,11H2,1-3H3. The molecule has 1 atom stereocenters. The largest absolute Gasteiger partial charge is 0.491 e. The predicted octanol–water partition coefficient (Wildman–Crippen LogP) is 2.60.